The lowest BCUT2D eigenvalue weighted by molar-refractivity contribution is 0.0958. The molecule has 0 fully saturated rings. The Kier molecular flexibility index (Phi) is 3.10. The van der Waals surface area contributed by atoms with Crippen molar-refractivity contribution in [2.24, 2.45) is 0 Å². The Balaban J connectivity index is 2.47. The highest BCUT2D eigenvalue weighted by Gasteiger charge is 2.13. The molecule has 17 heavy (non-hydrogen) atoms. The standard InChI is InChI=1S/C11H11ClN4O/c1-6-9(12)10(16-15-6)7-4-3-5-8(14-7)11(17)13-2/h3-5H,1-2H3,(H,13,17)(H,15,16). The van der Waals surface area contributed by atoms with Crippen LogP contribution < -0.4 is 5.32 Å². The number of nitrogens with one attached hydrogen (secondary N) is 2. The van der Waals surface area contributed by atoms with Crippen LogP contribution in [0.3, 0.4) is 0 Å². The van der Waals surface area contributed by atoms with E-state index in [0.29, 0.717) is 22.1 Å². The van der Waals surface area contributed by atoms with E-state index in [-0.39, 0.29) is 5.91 Å². The van der Waals surface area contributed by atoms with E-state index in [1.807, 2.05) is 6.92 Å². The van der Waals surface area contributed by atoms with E-state index in [9.17, 15) is 4.79 Å². The van der Waals surface area contributed by atoms with E-state index in [1.165, 1.54) is 0 Å². The van der Waals surface area contributed by atoms with Crippen molar-refractivity contribution < 1.29 is 4.79 Å². The fourth-order valence-corrected chi connectivity index (χ4v) is 1.59. The number of aromatic nitrogens is 3. The minimum atomic E-state index is -0.241. The number of H-pyrrole nitrogens is 1. The highest BCUT2D eigenvalue weighted by atomic mass is 35.5. The van der Waals surface area contributed by atoms with Crippen molar-refractivity contribution >= 4 is 17.5 Å². The smallest absolute Gasteiger partial charge is 0.269 e. The second-order valence-electron chi connectivity index (χ2n) is 3.50. The Morgan fingerprint density at radius 3 is 2.82 bits per heavy atom. The monoisotopic (exact) mass is 250 g/mol. The fourth-order valence-electron chi connectivity index (χ4n) is 1.41. The van der Waals surface area contributed by atoms with Crippen LogP contribution in [-0.4, -0.2) is 28.1 Å². The Morgan fingerprint density at radius 1 is 1.47 bits per heavy atom. The van der Waals surface area contributed by atoms with Gasteiger partial charge in [0.05, 0.1) is 16.4 Å². The normalized spacial score (nSPS) is 10.3. The summed E-state index contributed by atoms with van der Waals surface area (Å²) in [5, 5.41) is 9.87. The molecule has 0 aliphatic rings. The number of aryl methyl sites for hydroxylation is 1. The molecule has 0 aliphatic heterocycles. The van der Waals surface area contributed by atoms with Gasteiger partial charge in [0.15, 0.2) is 0 Å². The summed E-state index contributed by atoms with van der Waals surface area (Å²) in [4.78, 5) is 15.7. The van der Waals surface area contributed by atoms with Gasteiger partial charge in [-0.25, -0.2) is 4.98 Å². The zero-order valence-corrected chi connectivity index (χ0v) is 10.2. The van der Waals surface area contributed by atoms with Gasteiger partial charge in [-0.15, -0.1) is 0 Å². The molecule has 0 aromatic carbocycles. The highest BCUT2D eigenvalue weighted by Crippen LogP contribution is 2.26. The Bertz CT molecular complexity index is 564. The summed E-state index contributed by atoms with van der Waals surface area (Å²) < 4.78 is 0. The van der Waals surface area contributed by atoms with Gasteiger partial charge in [-0.05, 0) is 19.1 Å². The summed E-state index contributed by atoms with van der Waals surface area (Å²) in [7, 11) is 1.56. The van der Waals surface area contributed by atoms with E-state index < -0.39 is 0 Å². The van der Waals surface area contributed by atoms with Crippen LogP contribution in [0.4, 0.5) is 0 Å². The van der Waals surface area contributed by atoms with Crippen LogP contribution in [0.2, 0.25) is 5.02 Å². The summed E-state index contributed by atoms with van der Waals surface area (Å²) >= 11 is 6.07. The number of halogens is 1. The lowest BCUT2D eigenvalue weighted by Crippen LogP contribution is -2.19. The van der Waals surface area contributed by atoms with Crippen LogP contribution in [0.5, 0.6) is 0 Å². The summed E-state index contributed by atoms with van der Waals surface area (Å²) in [5.41, 5.74) is 2.23. The minimum Gasteiger partial charge on any atom is -0.354 e. The molecule has 2 heterocycles. The Morgan fingerprint density at radius 2 is 2.24 bits per heavy atom. The second kappa shape index (κ2) is 4.55. The van der Waals surface area contributed by atoms with Gasteiger partial charge < -0.3 is 5.32 Å². The quantitative estimate of drug-likeness (QED) is 0.854. The minimum absolute atomic E-state index is 0.241. The number of carbonyl (C=O) groups is 1. The lowest BCUT2D eigenvalue weighted by Gasteiger charge is -2.01. The van der Waals surface area contributed by atoms with Crippen LogP contribution in [-0.2, 0) is 0 Å². The zero-order chi connectivity index (χ0) is 12.4. The average Bonchev–Trinajstić information content (AvgIpc) is 2.69. The number of carbonyl (C=O) groups excluding carboxylic acids is 1. The van der Waals surface area contributed by atoms with Crippen molar-refractivity contribution in [1.82, 2.24) is 20.5 Å². The van der Waals surface area contributed by atoms with Crippen LogP contribution in [0.25, 0.3) is 11.4 Å². The van der Waals surface area contributed by atoms with E-state index in [2.05, 4.69) is 20.5 Å². The molecule has 88 valence electrons. The largest absolute Gasteiger partial charge is 0.354 e. The average molecular weight is 251 g/mol. The third-order valence-electron chi connectivity index (χ3n) is 2.32. The molecule has 6 heteroatoms. The molecule has 0 bridgehead atoms. The molecular formula is C11H11ClN4O. The second-order valence-corrected chi connectivity index (χ2v) is 3.88. The Labute approximate surface area is 103 Å². The van der Waals surface area contributed by atoms with Crippen molar-refractivity contribution in [2.75, 3.05) is 7.05 Å². The molecule has 0 aliphatic carbocycles. The van der Waals surface area contributed by atoms with Gasteiger partial charge in [-0.2, -0.15) is 5.10 Å². The van der Waals surface area contributed by atoms with Crippen LogP contribution in [0, 0.1) is 6.92 Å². The number of hydrogen-bond donors (Lipinski definition) is 2. The number of amides is 1. The molecule has 5 nitrogen and oxygen atoms in total. The summed E-state index contributed by atoms with van der Waals surface area (Å²) in [6.07, 6.45) is 0. The van der Waals surface area contributed by atoms with E-state index in [4.69, 9.17) is 11.6 Å². The topological polar surface area (TPSA) is 70.7 Å². The molecule has 2 aromatic heterocycles. The van der Waals surface area contributed by atoms with Gasteiger partial charge in [-0.3, -0.25) is 9.89 Å². The summed E-state index contributed by atoms with van der Waals surface area (Å²) in [5.74, 6) is -0.241. The first-order valence-corrected chi connectivity index (χ1v) is 5.41. The molecule has 2 aromatic rings. The van der Waals surface area contributed by atoms with Gasteiger partial charge in [0.1, 0.15) is 11.4 Å². The Hall–Kier alpha value is -1.88. The molecule has 2 N–H and O–H groups in total. The van der Waals surface area contributed by atoms with Crippen LogP contribution >= 0.6 is 11.6 Å². The van der Waals surface area contributed by atoms with E-state index in [1.54, 1.807) is 25.2 Å². The lowest BCUT2D eigenvalue weighted by atomic mass is 10.2. The molecule has 0 saturated carbocycles. The van der Waals surface area contributed by atoms with E-state index >= 15 is 0 Å². The molecule has 0 spiro atoms. The first kappa shape index (κ1) is 11.6. The van der Waals surface area contributed by atoms with E-state index in [0.717, 1.165) is 5.69 Å². The van der Waals surface area contributed by atoms with Gasteiger partial charge >= 0.3 is 0 Å². The maximum Gasteiger partial charge on any atom is 0.269 e. The number of hydrogen-bond acceptors (Lipinski definition) is 3. The molecule has 1 amide bonds. The van der Waals surface area contributed by atoms with Crippen LogP contribution in [0.1, 0.15) is 16.2 Å². The molecule has 0 unspecified atom stereocenters. The predicted molar refractivity (Wildman–Crippen MR) is 65.0 cm³/mol. The van der Waals surface area contributed by atoms with Gasteiger partial charge in [0, 0.05) is 7.05 Å². The summed E-state index contributed by atoms with van der Waals surface area (Å²) in [6, 6.07) is 5.14. The van der Waals surface area contributed by atoms with Crippen molar-refractivity contribution in [3.05, 3.63) is 34.6 Å². The molecule has 0 saturated heterocycles. The fraction of sp³-hybridized carbons (Fsp3) is 0.182. The van der Waals surface area contributed by atoms with Crippen molar-refractivity contribution in [1.29, 1.82) is 0 Å². The zero-order valence-electron chi connectivity index (χ0n) is 9.41. The van der Waals surface area contributed by atoms with Gasteiger partial charge in [-0.1, -0.05) is 17.7 Å². The third-order valence-corrected chi connectivity index (χ3v) is 2.79. The number of pyridine rings is 1. The SMILES string of the molecule is CNC(=O)c1cccc(-c2n[nH]c(C)c2Cl)n1. The maximum atomic E-state index is 11.5. The molecule has 0 atom stereocenters. The maximum absolute atomic E-state index is 11.5. The van der Waals surface area contributed by atoms with Gasteiger partial charge in [0.2, 0.25) is 0 Å². The van der Waals surface area contributed by atoms with Crippen molar-refractivity contribution in [3.8, 4) is 11.4 Å². The van der Waals surface area contributed by atoms with Gasteiger partial charge in [0.25, 0.3) is 5.91 Å². The predicted octanol–water partition coefficient (Wildman–Crippen LogP) is 1.79. The van der Waals surface area contributed by atoms with Crippen molar-refractivity contribution in [3.63, 3.8) is 0 Å². The molecule has 0 radical (unpaired) electrons. The number of nitrogens with zero attached hydrogens (tertiary/aromatic N) is 2. The first-order chi connectivity index (χ1) is 8.13. The van der Waals surface area contributed by atoms with Crippen LogP contribution in [0.15, 0.2) is 18.2 Å². The summed E-state index contributed by atoms with van der Waals surface area (Å²) in [6.45, 7) is 1.82. The highest BCUT2D eigenvalue weighted by molar-refractivity contribution is 6.33. The number of aromatic amines is 1. The number of rotatable bonds is 2. The van der Waals surface area contributed by atoms with Crippen molar-refractivity contribution in [2.45, 2.75) is 6.92 Å². The molecular weight excluding hydrogens is 240 g/mol. The molecule has 2 rings (SSSR count). The first-order valence-electron chi connectivity index (χ1n) is 5.03. The third kappa shape index (κ3) is 2.14.